The lowest BCUT2D eigenvalue weighted by molar-refractivity contribution is -0.123. The van der Waals surface area contributed by atoms with Gasteiger partial charge in [-0.3, -0.25) is 10.1 Å². The zero-order valence-corrected chi connectivity index (χ0v) is 14.5. The van der Waals surface area contributed by atoms with E-state index in [1.807, 2.05) is 6.92 Å². The first kappa shape index (κ1) is 18.4. The molecule has 0 radical (unpaired) electrons. The number of hydrogen-bond donors (Lipinski definition) is 2. The molecular formula is C14H16BrClN2O4. The van der Waals surface area contributed by atoms with Gasteiger partial charge >= 0.3 is 12.0 Å². The van der Waals surface area contributed by atoms with Gasteiger partial charge in [0.1, 0.15) is 0 Å². The van der Waals surface area contributed by atoms with Crippen LogP contribution in [0.5, 0.6) is 0 Å². The van der Waals surface area contributed by atoms with Crippen LogP contribution < -0.4 is 10.6 Å². The number of benzene rings is 1. The standard InChI is InChI=1S/C14H16BrClN2O4/c1-3-8(2)17-14(21)18-12(19)7-22-13(20)10-6-9(15)4-5-11(10)16/h4-6,8H,3,7H2,1-2H3,(H2,17,18,19,21)/t8-/m0/s1. The van der Waals surface area contributed by atoms with Crippen molar-refractivity contribution in [2.24, 2.45) is 0 Å². The molecule has 22 heavy (non-hydrogen) atoms. The molecule has 0 bridgehead atoms. The average molecular weight is 392 g/mol. The lowest BCUT2D eigenvalue weighted by Crippen LogP contribution is -2.44. The van der Waals surface area contributed by atoms with Crippen LogP contribution in [-0.4, -0.2) is 30.6 Å². The van der Waals surface area contributed by atoms with Crippen molar-refractivity contribution < 1.29 is 19.1 Å². The lowest BCUT2D eigenvalue weighted by Gasteiger charge is -2.12. The first-order valence-corrected chi connectivity index (χ1v) is 7.73. The Balaban J connectivity index is 2.48. The van der Waals surface area contributed by atoms with Gasteiger partial charge in [-0.15, -0.1) is 0 Å². The van der Waals surface area contributed by atoms with E-state index in [0.29, 0.717) is 4.47 Å². The Hall–Kier alpha value is -1.60. The van der Waals surface area contributed by atoms with Crippen molar-refractivity contribution in [2.45, 2.75) is 26.3 Å². The molecule has 0 spiro atoms. The molecule has 120 valence electrons. The molecule has 0 aliphatic rings. The first-order chi connectivity index (χ1) is 10.3. The van der Waals surface area contributed by atoms with Gasteiger partial charge in [0.25, 0.3) is 5.91 Å². The number of rotatable bonds is 5. The van der Waals surface area contributed by atoms with Crippen molar-refractivity contribution in [1.82, 2.24) is 10.6 Å². The number of nitrogens with one attached hydrogen (secondary N) is 2. The first-order valence-electron chi connectivity index (χ1n) is 6.56. The molecule has 1 atom stereocenters. The number of halogens is 2. The second-order valence-electron chi connectivity index (χ2n) is 4.53. The molecule has 2 N–H and O–H groups in total. The molecule has 1 aromatic carbocycles. The third-order valence-corrected chi connectivity index (χ3v) is 3.55. The van der Waals surface area contributed by atoms with Gasteiger partial charge in [0.05, 0.1) is 10.6 Å². The van der Waals surface area contributed by atoms with Crippen molar-refractivity contribution in [3.63, 3.8) is 0 Å². The summed E-state index contributed by atoms with van der Waals surface area (Å²) in [4.78, 5) is 34.8. The maximum absolute atomic E-state index is 11.8. The van der Waals surface area contributed by atoms with Crippen molar-refractivity contribution >= 4 is 45.4 Å². The van der Waals surface area contributed by atoms with Gasteiger partial charge in [0.15, 0.2) is 6.61 Å². The van der Waals surface area contributed by atoms with E-state index in [-0.39, 0.29) is 16.6 Å². The Bertz CT molecular complexity index is 580. The number of urea groups is 1. The summed E-state index contributed by atoms with van der Waals surface area (Å²) in [6.07, 6.45) is 0.734. The zero-order valence-electron chi connectivity index (χ0n) is 12.1. The third-order valence-electron chi connectivity index (χ3n) is 2.73. The molecule has 1 rings (SSSR count). The second kappa shape index (κ2) is 8.75. The Morgan fingerprint density at radius 1 is 1.36 bits per heavy atom. The minimum Gasteiger partial charge on any atom is -0.452 e. The fourth-order valence-corrected chi connectivity index (χ4v) is 1.94. The Kier molecular flexibility index (Phi) is 7.34. The number of amides is 3. The molecule has 0 fully saturated rings. The fourth-order valence-electron chi connectivity index (χ4n) is 1.39. The van der Waals surface area contributed by atoms with Crippen molar-refractivity contribution in [3.05, 3.63) is 33.3 Å². The quantitative estimate of drug-likeness (QED) is 0.756. The predicted octanol–water partition coefficient (Wildman–Crippen LogP) is 2.88. The van der Waals surface area contributed by atoms with Gasteiger partial charge in [-0.05, 0) is 31.5 Å². The van der Waals surface area contributed by atoms with E-state index in [1.54, 1.807) is 13.0 Å². The maximum Gasteiger partial charge on any atom is 0.340 e. The number of carbonyl (C=O) groups excluding carboxylic acids is 3. The molecule has 0 aromatic heterocycles. The van der Waals surface area contributed by atoms with Gasteiger partial charge in [-0.25, -0.2) is 9.59 Å². The van der Waals surface area contributed by atoms with Crippen LogP contribution in [-0.2, 0) is 9.53 Å². The van der Waals surface area contributed by atoms with Gasteiger partial charge in [0, 0.05) is 10.5 Å². The van der Waals surface area contributed by atoms with Crippen LogP contribution >= 0.6 is 27.5 Å². The van der Waals surface area contributed by atoms with Crippen molar-refractivity contribution in [3.8, 4) is 0 Å². The minimum atomic E-state index is -0.746. The molecule has 0 aliphatic carbocycles. The third kappa shape index (κ3) is 6.03. The van der Waals surface area contributed by atoms with Gasteiger partial charge < -0.3 is 10.1 Å². The van der Waals surface area contributed by atoms with Crippen LogP contribution in [0.4, 0.5) is 4.79 Å². The number of esters is 1. The molecule has 8 heteroatoms. The number of carbonyl (C=O) groups is 3. The number of hydrogen-bond acceptors (Lipinski definition) is 4. The Morgan fingerprint density at radius 3 is 2.68 bits per heavy atom. The van der Waals surface area contributed by atoms with Crippen LogP contribution in [0.3, 0.4) is 0 Å². The van der Waals surface area contributed by atoms with Crippen LogP contribution in [0.1, 0.15) is 30.6 Å². The highest BCUT2D eigenvalue weighted by Crippen LogP contribution is 2.21. The molecular weight excluding hydrogens is 376 g/mol. The highest BCUT2D eigenvalue weighted by molar-refractivity contribution is 9.10. The summed E-state index contributed by atoms with van der Waals surface area (Å²) < 4.78 is 5.48. The van der Waals surface area contributed by atoms with E-state index in [1.165, 1.54) is 12.1 Å². The van der Waals surface area contributed by atoms with Crippen LogP contribution in [0.15, 0.2) is 22.7 Å². The largest absolute Gasteiger partial charge is 0.452 e. The smallest absolute Gasteiger partial charge is 0.340 e. The van der Waals surface area contributed by atoms with Gasteiger partial charge in [-0.1, -0.05) is 34.5 Å². The predicted molar refractivity (Wildman–Crippen MR) is 85.9 cm³/mol. The van der Waals surface area contributed by atoms with E-state index in [0.717, 1.165) is 6.42 Å². The molecule has 0 aliphatic heterocycles. The van der Waals surface area contributed by atoms with Crippen LogP contribution in [0, 0.1) is 0 Å². The van der Waals surface area contributed by atoms with E-state index in [9.17, 15) is 14.4 Å². The summed E-state index contributed by atoms with van der Waals surface area (Å²) in [5.74, 6) is -1.47. The van der Waals surface area contributed by atoms with E-state index in [2.05, 4.69) is 26.6 Å². The van der Waals surface area contributed by atoms with Gasteiger partial charge in [0.2, 0.25) is 0 Å². The Morgan fingerprint density at radius 2 is 2.05 bits per heavy atom. The summed E-state index contributed by atoms with van der Waals surface area (Å²) in [5.41, 5.74) is 0.132. The molecule has 1 aromatic rings. The minimum absolute atomic E-state index is 0.0594. The summed E-state index contributed by atoms with van der Waals surface area (Å²) in [5, 5.41) is 4.84. The van der Waals surface area contributed by atoms with E-state index < -0.39 is 24.5 Å². The highest BCUT2D eigenvalue weighted by atomic mass is 79.9. The summed E-state index contributed by atoms with van der Waals surface area (Å²) in [6.45, 7) is 3.13. The normalized spacial score (nSPS) is 11.5. The molecule has 6 nitrogen and oxygen atoms in total. The van der Waals surface area contributed by atoms with Crippen LogP contribution in [0.2, 0.25) is 5.02 Å². The SMILES string of the molecule is CC[C@H](C)NC(=O)NC(=O)COC(=O)c1cc(Br)ccc1Cl. The van der Waals surface area contributed by atoms with E-state index in [4.69, 9.17) is 16.3 Å². The molecule has 0 saturated carbocycles. The van der Waals surface area contributed by atoms with Crippen LogP contribution in [0.25, 0.3) is 0 Å². The zero-order chi connectivity index (χ0) is 16.7. The Labute approximate surface area is 141 Å². The average Bonchev–Trinajstić information content (AvgIpc) is 2.46. The summed E-state index contributed by atoms with van der Waals surface area (Å²) in [7, 11) is 0. The molecule has 0 unspecified atom stereocenters. The monoisotopic (exact) mass is 390 g/mol. The maximum atomic E-state index is 11.8. The van der Waals surface area contributed by atoms with E-state index >= 15 is 0 Å². The summed E-state index contributed by atoms with van der Waals surface area (Å²) >= 11 is 9.09. The second-order valence-corrected chi connectivity index (χ2v) is 5.85. The molecule has 3 amide bonds. The highest BCUT2D eigenvalue weighted by Gasteiger charge is 2.15. The molecule has 0 saturated heterocycles. The number of imide groups is 1. The fraction of sp³-hybridized carbons (Fsp3) is 0.357. The molecule has 0 heterocycles. The lowest BCUT2D eigenvalue weighted by atomic mass is 10.2. The van der Waals surface area contributed by atoms with Gasteiger partial charge in [-0.2, -0.15) is 0 Å². The topological polar surface area (TPSA) is 84.5 Å². The number of ether oxygens (including phenoxy) is 1. The van der Waals surface area contributed by atoms with Crippen molar-refractivity contribution in [2.75, 3.05) is 6.61 Å². The van der Waals surface area contributed by atoms with Crippen molar-refractivity contribution in [1.29, 1.82) is 0 Å². The summed E-state index contributed by atoms with van der Waals surface area (Å²) in [6, 6.07) is 4.00.